The molecule has 1 aromatic carbocycles. The van der Waals surface area contributed by atoms with Crippen molar-refractivity contribution in [2.45, 2.75) is 32.9 Å². The van der Waals surface area contributed by atoms with Crippen LogP contribution in [0.1, 0.15) is 31.1 Å². The first-order chi connectivity index (χ1) is 9.13. The van der Waals surface area contributed by atoms with Gasteiger partial charge in [-0.3, -0.25) is 4.79 Å². The van der Waals surface area contributed by atoms with Gasteiger partial charge in [0.05, 0.1) is 6.61 Å². The summed E-state index contributed by atoms with van der Waals surface area (Å²) in [4.78, 5) is 14.5. The van der Waals surface area contributed by atoms with Crippen LogP contribution in [0.25, 0.3) is 0 Å². The molecule has 0 bridgehead atoms. The lowest BCUT2D eigenvalue weighted by atomic mass is 10.1. The van der Waals surface area contributed by atoms with Crippen molar-refractivity contribution >= 4 is 5.91 Å². The van der Waals surface area contributed by atoms with Crippen LogP contribution in [0.4, 0.5) is 0 Å². The summed E-state index contributed by atoms with van der Waals surface area (Å²) in [5.74, 6) is 0.907. The van der Waals surface area contributed by atoms with E-state index in [1.165, 1.54) is 0 Å². The first-order valence-corrected chi connectivity index (χ1v) is 6.89. The third-order valence-electron chi connectivity index (χ3n) is 3.48. The molecule has 1 heterocycles. The zero-order valence-corrected chi connectivity index (χ0v) is 11.8. The zero-order valence-electron chi connectivity index (χ0n) is 11.8. The monoisotopic (exact) mass is 262 g/mol. The summed E-state index contributed by atoms with van der Waals surface area (Å²) in [5, 5.41) is 3.33. The van der Waals surface area contributed by atoms with Gasteiger partial charge in [-0.15, -0.1) is 0 Å². The Morgan fingerprint density at radius 3 is 2.37 bits per heavy atom. The van der Waals surface area contributed by atoms with Gasteiger partial charge >= 0.3 is 0 Å². The fraction of sp³-hybridized carbons (Fsp3) is 0.533. The van der Waals surface area contributed by atoms with Gasteiger partial charge in [0, 0.05) is 30.7 Å². The van der Waals surface area contributed by atoms with Crippen LogP contribution in [0.3, 0.4) is 0 Å². The first-order valence-electron chi connectivity index (χ1n) is 6.89. The van der Waals surface area contributed by atoms with Gasteiger partial charge in [-0.25, -0.2) is 0 Å². The number of carbonyl (C=O) groups is 1. The minimum absolute atomic E-state index is 0.101. The number of rotatable bonds is 3. The van der Waals surface area contributed by atoms with Crippen molar-refractivity contribution in [3.8, 4) is 5.75 Å². The largest absolute Gasteiger partial charge is 0.494 e. The van der Waals surface area contributed by atoms with Crippen molar-refractivity contribution < 1.29 is 9.53 Å². The maximum atomic E-state index is 12.5. The van der Waals surface area contributed by atoms with Gasteiger partial charge in [-0.1, -0.05) is 0 Å². The van der Waals surface area contributed by atoms with E-state index in [-0.39, 0.29) is 18.0 Å². The molecule has 1 aromatic rings. The molecule has 19 heavy (non-hydrogen) atoms. The lowest BCUT2D eigenvalue weighted by molar-refractivity contribution is 0.0544. The van der Waals surface area contributed by atoms with Crippen molar-refractivity contribution in [3.05, 3.63) is 29.8 Å². The third kappa shape index (κ3) is 3.07. The average molecular weight is 262 g/mol. The highest BCUT2D eigenvalue weighted by molar-refractivity contribution is 5.94. The Hall–Kier alpha value is -1.55. The molecular formula is C15H22N2O2. The number of carbonyl (C=O) groups excluding carboxylic acids is 1. The fourth-order valence-electron chi connectivity index (χ4n) is 2.54. The maximum absolute atomic E-state index is 12.5. The molecule has 4 nitrogen and oxygen atoms in total. The van der Waals surface area contributed by atoms with E-state index < -0.39 is 0 Å². The standard InChI is InChI=1S/C15H22N2O2/c1-4-19-14-7-5-13(6-8-14)15(18)17-11(2)9-16-10-12(17)3/h5-8,11-12,16H,4,9-10H2,1-3H3. The highest BCUT2D eigenvalue weighted by Gasteiger charge is 2.29. The minimum atomic E-state index is 0.101. The van der Waals surface area contributed by atoms with Crippen LogP contribution in [0, 0.1) is 0 Å². The van der Waals surface area contributed by atoms with Gasteiger partial charge in [0.15, 0.2) is 0 Å². The van der Waals surface area contributed by atoms with Crippen LogP contribution in [-0.4, -0.2) is 42.6 Å². The number of nitrogens with one attached hydrogen (secondary N) is 1. The SMILES string of the molecule is CCOc1ccc(C(=O)N2C(C)CNCC2C)cc1. The molecule has 1 aliphatic heterocycles. The predicted octanol–water partition coefficient (Wildman–Crippen LogP) is 1.91. The molecule has 0 spiro atoms. The summed E-state index contributed by atoms with van der Waals surface area (Å²) >= 11 is 0. The molecule has 0 saturated carbocycles. The topological polar surface area (TPSA) is 41.6 Å². The van der Waals surface area contributed by atoms with E-state index in [0.29, 0.717) is 6.61 Å². The average Bonchev–Trinajstić information content (AvgIpc) is 2.39. The van der Waals surface area contributed by atoms with Gasteiger partial charge in [0.1, 0.15) is 5.75 Å². The van der Waals surface area contributed by atoms with Crippen LogP contribution >= 0.6 is 0 Å². The molecule has 4 heteroatoms. The smallest absolute Gasteiger partial charge is 0.254 e. The van der Waals surface area contributed by atoms with E-state index in [9.17, 15) is 4.79 Å². The van der Waals surface area contributed by atoms with Gasteiger partial charge in [0.2, 0.25) is 0 Å². The molecule has 0 aliphatic carbocycles. The molecule has 1 aliphatic rings. The Labute approximate surface area is 114 Å². The molecule has 1 amide bonds. The molecule has 0 aromatic heterocycles. The second-order valence-electron chi connectivity index (χ2n) is 5.03. The van der Waals surface area contributed by atoms with Crippen LogP contribution in [0.2, 0.25) is 0 Å². The maximum Gasteiger partial charge on any atom is 0.254 e. The lowest BCUT2D eigenvalue weighted by Crippen LogP contribution is -2.57. The Morgan fingerprint density at radius 1 is 1.26 bits per heavy atom. The number of amides is 1. The van der Waals surface area contributed by atoms with E-state index in [1.54, 1.807) is 0 Å². The van der Waals surface area contributed by atoms with Crippen molar-refractivity contribution in [1.29, 1.82) is 0 Å². The van der Waals surface area contributed by atoms with Crippen molar-refractivity contribution in [1.82, 2.24) is 10.2 Å². The number of ether oxygens (including phenoxy) is 1. The second kappa shape index (κ2) is 6.06. The Bertz CT molecular complexity index is 420. The highest BCUT2D eigenvalue weighted by Crippen LogP contribution is 2.17. The van der Waals surface area contributed by atoms with Gasteiger partial charge in [0.25, 0.3) is 5.91 Å². The predicted molar refractivity (Wildman–Crippen MR) is 75.6 cm³/mol. The number of hydrogen-bond donors (Lipinski definition) is 1. The summed E-state index contributed by atoms with van der Waals surface area (Å²) in [5.41, 5.74) is 0.726. The molecule has 1 saturated heterocycles. The molecule has 104 valence electrons. The summed E-state index contributed by atoms with van der Waals surface area (Å²) in [6.45, 7) is 8.45. The third-order valence-corrected chi connectivity index (χ3v) is 3.48. The molecule has 1 fully saturated rings. The summed E-state index contributed by atoms with van der Waals surface area (Å²) in [6.07, 6.45) is 0. The Balaban J connectivity index is 2.13. The van der Waals surface area contributed by atoms with E-state index in [1.807, 2.05) is 36.1 Å². The van der Waals surface area contributed by atoms with E-state index >= 15 is 0 Å². The van der Waals surface area contributed by atoms with Gasteiger partial charge in [-0.2, -0.15) is 0 Å². The number of nitrogens with zero attached hydrogens (tertiary/aromatic N) is 1. The summed E-state index contributed by atoms with van der Waals surface area (Å²) in [7, 11) is 0. The normalized spacial score (nSPS) is 23.2. The quantitative estimate of drug-likeness (QED) is 0.904. The van der Waals surface area contributed by atoms with Crippen molar-refractivity contribution in [3.63, 3.8) is 0 Å². The highest BCUT2D eigenvalue weighted by atomic mass is 16.5. The molecule has 2 unspecified atom stereocenters. The van der Waals surface area contributed by atoms with Crippen LogP contribution < -0.4 is 10.1 Å². The minimum Gasteiger partial charge on any atom is -0.494 e. The summed E-state index contributed by atoms with van der Waals surface area (Å²) in [6, 6.07) is 7.84. The second-order valence-corrected chi connectivity index (χ2v) is 5.03. The van der Waals surface area contributed by atoms with Gasteiger partial charge in [-0.05, 0) is 45.0 Å². The number of piperazine rings is 1. The lowest BCUT2D eigenvalue weighted by Gasteiger charge is -2.39. The van der Waals surface area contributed by atoms with Gasteiger partial charge < -0.3 is 15.0 Å². The molecular weight excluding hydrogens is 240 g/mol. The van der Waals surface area contributed by atoms with Crippen LogP contribution in [-0.2, 0) is 0 Å². The molecule has 2 rings (SSSR count). The van der Waals surface area contributed by atoms with Crippen molar-refractivity contribution in [2.24, 2.45) is 0 Å². The molecule has 2 atom stereocenters. The number of benzene rings is 1. The number of hydrogen-bond acceptors (Lipinski definition) is 3. The zero-order chi connectivity index (χ0) is 13.8. The molecule has 0 radical (unpaired) electrons. The summed E-state index contributed by atoms with van der Waals surface area (Å²) < 4.78 is 5.39. The van der Waals surface area contributed by atoms with Crippen molar-refractivity contribution in [2.75, 3.05) is 19.7 Å². The van der Waals surface area contributed by atoms with Crippen LogP contribution in [0.5, 0.6) is 5.75 Å². The molecule has 1 N–H and O–H groups in total. The van der Waals surface area contributed by atoms with E-state index in [0.717, 1.165) is 24.4 Å². The Kier molecular flexibility index (Phi) is 4.43. The fourth-order valence-corrected chi connectivity index (χ4v) is 2.54. The Morgan fingerprint density at radius 2 is 1.84 bits per heavy atom. The first kappa shape index (κ1) is 13.9. The van der Waals surface area contributed by atoms with Crippen LogP contribution in [0.15, 0.2) is 24.3 Å². The van der Waals surface area contributed by atoms with E-state index in [2.05, 4.69) is 19.2 Å². The van der Waals surface area contributed by atoms with E-state index in [4.69, 9.17) is 4.74 Å².